The van der Waals surface area contributed by atoms with E-state index in [-0.39, 0.29) is 12.2 Å². The molecule has 4 rings (SSSR count). The fourth-order valence-corrected chi connectivity index (χ4v) is 3.16. The van der Waals surface area contributed by atoms with E-state index in [2.05, 4.69) is 20.3 Å². The number of rotatable bonds is 5. The Bertz CT molecular complexity index is 670. The fourth-order valence-electron chi connectivity index (χ4n) is 3.16. The lowest BCUT2D eigenvalue weighted by Gasteiger charge is -2.16. The Morgan fingerprint density at radius 3 is 2.71 bits per heavy atom. The molecule has 2 aliphatic heterocycles. The van der Waals surface area contributed by atoms with Gasteiger partial charge < -0.3 is 14.8 Å². The monoisotopic (exact) mass is 327 g/mol. The summed E-state index contributed by atoms with van der Waals surface area (Å²) in [6, 6.07) is 0. The van der Waals surface area contributed by atoms with Gasteiger partial charge in [0.25, 0.3) is 0 Å². The molecule has 7 nitrogen and oxygen atoms in total. The molecule has 2 aromatic rings. The van der Waals surface area contributed by atoms with Crippen molar-refractivity contribution >= 4 is 5.95 Å². The molecular formula is C17H21N5O2. The lowest BCUT2D eigenvalue weighted by Crippen LogP contribution is -2.20. The predicted molar refractivity (Wildman–Crippen MR) is 88.4 cm³/mol. The molecule has 7 heteroatoms. The molecule has 0 aromatic carbocycles. The summed E-state index contributed by atoms with van der Waals surface area (Å²) in [6.45, 7) is 2.35. The maximum atomic E-state index is 5.84. The van der Waals surface area contributed by atoms with Gasteiger partial charge in [-0.15, -0.1) is 0 Å². The van der Waals surface area contributed by atoms with Crippen molar-refractivity contribution in [3.63, 3.8) is 0 Å². The highest BCUT2D eigenvalue weighted by atomic mass is 16.5. The third-order valence-electron chi connectivity index (χ3n) is 4.40. The summed E-state index contributed by atoms with van der Waals surface area (Å²) in [6.07, 6.45) is 11.4. The van der Waals surface area contributed by atoms with Crippen LogP contribution in [0.5, 0.6) is 0 Å². The second kappa shape index (κ2) is 7.19. The normalized spacial score (nSPS) is 23.5. The number of anilines is 1. The molecule has 0 spiro atoms. The summed E-state index contributed by atoms with van der Waals surface area (Å²) in [7, 11) is 0. The van der Waals surface area contributed by atoms with Crippen LogP contribution in [-0.4, -0.2) is 45.8 Å². The van der Waals surface area contributed by atoms with Crippen molar-refractivity contribution in [3.8, 4) is 11.3 Å². The molecule has 2 aromatic heterocycles. The van der Waals surface area contributed by atoms with E-state index in [0.29, 0.717) is 5.95 Å². The average Bonchev–Trinajstić information content (AvgIpc) is 3.34. The highest BCUT2D eigenvalue weighted by Crippen LogP contribution is 2.33. The van der Waals surface area contributed by atoms with Crippen LogP contribution >= 0.6 is 0 Å². The van der Waals surface area contributed by atoms with Crippen LogP contribution in [0.1, 0.15) is 37.5 Å². The van der Waals surface area contributed by atoms with Gasteiger partial charge in [0.1, 0.15) is 6.10 Å². The van der Waals surface area contributed by atoms with Crippen molar-refractivity contribution in [3.05, 3.63) is 30.5 Å². The molecule has 2 aliphatic rings. The van der Waals surface area contributed by atoms with E-state index in [4.69, 9.17) is 14.5 Å². The number of hydrogen-bond acceptors (Lipinski definition) is 7. The lowest BCUT2D eigenvalue weighted by atomic mass is 10.1. The Kier molecular flexibility index (Phi) is 4.62. The van der Waals surface area contributed by atoms with Gasteiger partial charge in [-0.1, -0.05) is 0 Å². The number of ether oxygens (including phenoxy) is 2. The van der Waals surface area contributed by atoms with Gasteiger partial charge in [-0.2, -0.15) is 0 Å². The highest BCUT2D eigenvalue weighted by molar-refractivity contribution is 5.61. The van der Waals surface area contributed by atoms with Crippen LogP contribution in [0.25, 0.3) is 11.3 Å². The Morgan fingerprint density at radius 1 is 1.04 bits per heavy atom. The van der Waals surface area contributed by atoms with Crippen LogP contribution in [-0.2, 0) is 9.47 Å². The van der Waals surface area contributed by atoms with Gasteiger partial charge in [-0.05, 0) is 25.7 Å². The molecule has 2 fully saturated rings. The van der Waals surface area contributed by atoms with Crippen molar-refractivity contribution in [2.75, 3.05) is 25.1 Å². The first kappa shape index (κ1) is 15.4. The molecule has 0 bridgehead atoms. The van der Waals surface area contributed by atoms with Crippen molar-refractivity contribution in [1.29, 1.82) is 0 Å². The van der Waals surface area contributed by atoms with Crippen molar-refractivity contribution < 1.29 is 9.47 Å². The predicted octanol–water partition coefficient (Wildman–Crippen LogP) is 2.38. The molecule has 4 heterocycles. The van der Waals surface area contributed by atoms with Crippen LogP contribution in [0.2, 0.25) is 0 Å². The Hall–Kier alpha value is -2.12. The van der Waals surface area contributed by atoms with Crippen LogP contribution < -0.4 is 5.32 Å². The SMILES string of the molecule is c1cnc(-c2cnc(NCC3CCCO3)nc2C2CCCO2)cn1. The zero-order valence-corrected chi connectivity index (χ0v) is 13.5. The summed E-state index contributed by atoms with van der Waals surface area (Å²) < 4.78 is 11.5. The lowest BCUT2D eigenvalue weighted by molar-refractivity contribution is 0.109. The third kappa shape index (κ3) is 3.37. The van der Waals surface area contributed by atoms with Crippen LogP contribution in [0.4, 0.5) is 5.95 Å². The fraction of sp³-hybridized carbons (Fsp3) is 0.529. The summed E-state index contributed by atoms with van der Waals surface area (Å²) >= 11 is 0. The zero-order valence-electron chi connectivity index (χ0n) is 13.5. The number of hydrogen-bond donors (Lipinski definition) is 1. The smallest absolute Gasteiger partial charge is 0.223 e. The molecule has 0 amide bonds. The standard InChI is InChI=1S/C17H21N5O2/c1-3-12(23-7-1)9-20-17-21-10-13(14-11-18-5-6-19-14)16(22-17)15-4-2-8-24-15/h5-6,10-12,15H,1-4,7-9H2,(H,20,21,22). The third-order valence-corrected chi connectivity index (χ3v) is 4.40. The maximum absolute atomic E-state index is 5.84. The van der Waals surface area contributed by atoms with Gasteiger partial charge in [0.15, 0.2) is 0 Å². The first-order valence-electron chi connectivity index (χ1n) is 8.50. The van der Waals surface area contributed by atoms with Gasteiger partial charge in [0, 0.05) is 43.9 Å². The van der Waals surface area contributed by atoms with Crippen LogP contribution in [0.3, 0.4) is 0 Å². The van der Waals surface area contributed by atoms with Crippen molar-refractivity contribution in [2.24, 2.45) is 0 Å². The number of aromatic nitrogens is 4. The topological polar surface area (TPSA) is 82.1 Å². The Labute approximate surface area is 140 Å². The second-order valence-electron chi connectivity index (χ2n) is 6.10. The maximum Gasteiger partial charge on any atom is 0.223 e. The summed E-state index contributed by atoms with van der Waals surface area (Å²) in [5.74, 6) is 0.614. The molecule has 2 atom stereocenters. The van der Waals surface area contributed by atoms with E-state index >= 15 is 0 Å². The Balaban J connectivity index is 1.59. The summed E-state index contributed by atoms with van der Waals surface area (Å²) in [4.78, 5) is 17.7. The van der Waals surface area contributed by atoms with Gasteiger partial charge in [-0.25, -0.2) is 9.97 Å². The number of nitrogens with one attached hydrogen (secondary N) is 1. The quantitative estimate of drug-likeness (QED) is 0.902. The van der Waals surface area contributed by atoms with Crippen molar-refractivity contribution in [2.45, 2.75) is 37.9 Å². The molecule has 0 saturated carbocycles. The first-order valence-corrected chi connectivity index (χ1v) is 8.50. The van der Waals surface area contributed by atoms with Crippen LogP contribution in [0.15, 0.2) is 24.8 Å². The zero-order chi connectivity index (χ0) is 16.2. The summed E-state index contributed by atoms with van der Waals surface area (Å²) in [5.41, 5.74) is 2.55. The van der Waals surface area contributed by atoms with E-state index in [1.165, 1.54) is 0 Å². The molecule has 0 radical (unpaired) electrons. The van der Waals surface area contributed by atoms with Gasteiger partial charge in [0.2, 0.25) is 5.95 Å². The van der Waals surface area contributed by atoms with E-state index < -0.39 is 0 Å². The van der Waals surface area contributed by atoms with E-state index in [9.17, 15) is 0 Å². The van der Waals surface area contributed by atoms with Crippen molar-refractivity contribution in [1.82, 2.24) is 19.9 Å². The van der Waals surface area contributed by atoms with Gasteiger partial charge in [0.05, 0.1) is 23.7 Å². The van der Waals surface area contributed by atoms with Gasteiger partial charge >= 0.3 is 0 Å². The molecule has 126 valence electrons. The molecule has 1 N–H and O–H groups in total. The van der Waals surface area contributed by atoms with Gasteiger partial charge in [-0.3, -0.25) is 9.97 Å². The summed E-state index contributed by atoms with van der Waals surface area (Å²) in [5, 5.41) is 3.29. The largest absolute Gasteiger partial charge is 0.376 e. The van der Waals surface area contributed by atoms with E-state index in [0.717, 1.165) is 62.4 Å². The highest BCUT2D eigenvalue weighted by Gasteiger charge is 2.24. The van der Waals surface area contributed by atoms with Crippen LogP contribution in [0, 0.1) is 0 Å². The second-order valence-corrected chi connectivity index (χ2v) is 6.10. The minimum absolute atomic E-state index is 0.00622. The van der Waals surface area contributed by atoms with E-state index in [1.54, 1.807) is 18.6 Å². The first-order chi connectivity index (χ1) is 11.9. The van der Waals surface area contributed by atoms with E-state index in [1.807, 2.05) is 6.20 Å². The molecule has 0 aliphatic carbocycles. The molecule has 2 unspecified atom stereocenters. The molecule has 24 heavy (non-hydrogen) atoms. The molecule has 2 saturated heterocycles. The molecular weight excluding hydrogens is 306 g/mol. The number of nitrogens with zero attached hydrogens (tertiary/aromatic N) is 4. The minimum Gasteiger partial charge on any atom is -0.376 e. The Morgan fingerprint density at radius 2 is 1.96 bits per heavy atom. The minimum atomic E-state index is -0.00622. The average molecular weight is 327 g/mol.